The van der Waals surface area contributed by atoms with E-state index in [0.29, 0.717) is 5.92 Å². The van der Waals surface area contributed by atoms with Crippen LogP contribution in [0.4, 0.5) is 0 Å². The highest BCUT2D eigenvalue weighted by molar-refractivity contribution is 7.99. The molecule has 2 nitrogen and oxygen atoms in total. The molecule has 1 aliphatic carbocycles. The summed E-state index contributed by atoms with van der Waals surface area (Å²) < 4.78 is 1.69. The lowest BCUT2D eigenvalue weighted by atomic mass is 10.3. The van der Waals surface area contributed by atoms with Crippen molar-refractivity contribution < 1.29 is 0 Å². The summed E-state index contributed by atoms with van der Waals surface area (Å²) in [6.45, 7) is 4.15. The first-order chi connectivity index (χ1) is 9.49. The van der Waals surface area contributed by atoms with Crippen LogP contribution in [0.1, 0.15) is 17.8 Å². The Labute approximate surface area is 133 Å². The summed E-state index contributed by atoms with van der Waals surface area (Å²) in [6, 6.07) is 10.3. The first-order valence-electron chi connectivity index (χ1n) is 6.61. The quantitative estimate of drug-likeness (QED) is 0.594. The van der Waals surface area contributed by atoms with Gasteiger partial charge in [0.15, 0.2) is 5.16 Å². The molecular weight excluding hydrogens is 311 g/mol. The van der Waals surface area contributed by atoms with E-state index in [-0.39, 0.29) is 0 Å². The average molecular weight is 327 g/mol. The third-order valence-corrected chi connectivity index (χ3v) is 5.72. The zero-order valence-electron chi connectivity index (χ0n) is 11.4. The van der Waals surface area contributed by atoms with Crippen LogP contribution in [0.15, 0.2) is 35.5 Å². The summed E-state index contributed by atoms with van der Waals surface area (Å²) in [5.41, 5.74) is 3.39. The lowest BCUT2D eigenvalue weighted by Crippen LogP contribution is -2.00. The molecule has 1 aromatic carbocycles. The molecule has 0 spiro atoms. The van der Waals surface area contributed by atoms with Gasteiger partial charge in [-0.25, -0.2) is 4.98 Å². The smallest absolute Gasteiger partial charge is 0.173 e. The molecule has 1 atom stereocenters. The van der Waals surface area contributed by atoms with Gasteiger partial charge in [0.2, 0.25) is 0 Å². The number of aryl methyl sites for hydroxylation is 1. The lowest BCUT2D eigenvalue weighted by molar-refractivity contribution is 0.863. The highest BCUT2D eigenvalue weighted by Crippen LogP contribution is 2.54. The summed E-state index contributed by atoms with van der Waals surface area (Å²) >= 11 is 13.9. The van der Waals surface area contributed by atoms with Gasteiger partial charge < -0.3 is 0 Å². The largest absolute Gasteiger partial charge is 0.292 e. The normalized spacial score (nSPS) is 20.1. The third-order valence-electron chi connectivity index (χ3n) is 3.70. The maximum absolute atomic E-state index is 6.09. The number of nitrogens with zero attached hydrogens (tertiary/aromatic N) is 2. The van der Waals surface area contributed by atoms with Gasteiger partial charge >= 0.3 is 0 Å². The third kappa shape index (κ3) is 2.72. The van der Waals surface area contributed by atoms with Crippen molar-refractivity contribution in [3.05, 3.63) is 41.7 Å². The SMILES string of the molecule is Cc1nc(SCC2CC2(Cl)Cl)n(-c2ccccc2)c1C. The molecule has 1 fully saturated rings. The summed E-state index contributed by atoms with van der Waals surface area (Å²) in [6.07, 6.45) is 0.882. The van der Waals surface area contributed by atoms with Gasteiger partial charge in [0, 0.05) is 23.1 Å². The fourth-order valence-corrected chi connectivity index (χ4v) is 4.22. The summed E-state index contributed by atoms with van der Waals surface area (Å²) in [4.78, 5) is 4.67. The lowest BCUT2D eigenvalue weighted by Gasteiger charge is -2.09. The van der Waals surface area contributed by atoms with Gasteiger partial charge in [-0.2, -0.15) is 0 Å². The Kier molecular flexibility index (Phi) is 3.78. The number of imidazole rings is 1. The predicted molar refractivity (Wildman–Crippen MR) is 86.3 cm³/mol. The number of hydrogen-bond donors (Lipinski definition) is 0. The standard InChI is InChI=1S/C15H16Cl2N2S/c1-10-11(2)19(13-6-4-3-5-7-13)14(18-10)20-9-12-8-15(12,16)17/h3-7,12H,8-9H2,1-2H3. The monoisotopic (exact) mass is 326 g/mol. The van der Waals surface area contributed by atoms with E-state index in [1.807, 2.05) is 25.1 Å². The number of aromatic nitrogens is 2. The first kappa shape index (κ1) is 14.3. The van der Waals surface area contributed by atoms with Gasteiger partial charge in [0.1, 0.15) is 4.33 Å². The second kappa shape index (κ2) is 5.28. The van der Waals surface area contributed by atoms with Gasteiger partial charge in [-0.05, 0) is 32.4 Å². The predicted octanol–water partition coefficient (Wildman–Crippen LogP) is 4.78. The van der Waals surface area contributed by atoms with E-state index < -0.39 is 4.33 Å². The molecule has 0 saturated heterocycles. The molecule has 1 unspecified atom stereocenters. The topological polar surface area (TPSA) is 17.8 Å². The fourth-order valence-electron chi connectivity index (χ4n) is 2.18. The van der Waals surface area contributed by atoms with Crippen molar-refractivity contribution in [2.75, 3.05) is 5.75 Å². The van der Waals surface area contributed by atoms with E-state index in [4.69, 9.17) is 23.2 Å². The molecule has 106 valence electrons. The van der Waals surface area contributed by atoms with Crippen LogP contribution < -0.4 is 0 Å². The number of thioether (sulfide) groups is 1. The van der Waals surface area contributed by atoms with Gasteiger partial charge in [-0.3, -0.25) is 4.57 Å². The number of hydrogen-bond acceptors (Lipinski definition) is 2. The molecule has 1 aliphatic rings. The van der Waals surface area contributed by atoms with Crippen LogP contribution in [0, 0.1) is 19.8 Å². The Morgan fingerprint density at radius 1 is 1.30 bits per heavy atom. The van der Waals surface area contributed by atoms with E-state index in [1.54, 1.807) is 11.8 Å². The van der Waals surface area contributed by atoms with E-state index in [2.05, 4.69) is 28.6 Å². The van der Waals surface area contributed by atoms with E-state index in [9.17, 15) is 0 Å². The number of para-hydroxylation sites is 1. The molecule has 3 rings (SSSR count). The Bertz CT molecular complexity index is 622. The maximum atomic E-state index is 6.09. The molecule has 1 aromatic heterocycles. The van der Waals surface area contributed by atoms with Crippen molar-refractivity contribution in [2.24, 2.45) is 5.92 Å². The van der Waals surface area contributed by atoms with Crippen LogP contribution in [0.3, 0.4) is 0 Å². The Balaban J connectivity index is 1.86. The Morgan fingerprint density at radius 3 is 2.55 bits per heavy atom. The van der Waals surface area contributed by atoms with E-state index >= 15 is 0 Å². The maximum Gasteiger partial charge on any atom is 0.173 e. The molecule has 0 bridgehead atoms. The molecular formula is C15H16Cl2N2S. The van der Waals surface area contributed by atoms with Crippen LogP contribution in [-0.4, -0.2) is 19.6 Å². The molecule has 1 saturated carbocycles. The molecule has 0 N–H and O–H groups in total. The van der Waals surface area contributed by atoms with Gasteiger partial charge in [-0.15, -0.1) is 23.2 Å². The van der Waals surface area contributed by atoms with Gasteiger partial charge in [-0.1, -0.05) is 30.0 Å². The highest BCUT2D eigenvalue weighted by atomic mass is 35.5. The van der Waals surface area contributed by atoms with Gasteiger partial charge in [0.25, 0.3) is 0 Å². The molecule has 0 amide bonds. The molecule has 2 aromatic rings. The molecule has 20 heavy (non-hydrogen) atoms. The fraction of sp³-hybridized carbons (Fsp3) is 0.400. The second-order valence-corrected chi connectivity index (χ2v) is 7.74. The van der Waals surface area contributed by atoms with Crippen molar-refractivity contribution in [1.29, 1.82) is 0 Å². The van der Waals surface area contributed by atoms with Crippen LogP contribution in [0.5, 0.6) is 0 Å². The highest BCUT2D eigenvalue weighted by Gasteiger charge is 2.51. The van der Waals surface area contributed by atoms with Crippen LogP contribution in [-0.2, 0) is 0 Å². The van der Waals surface area contributed by atoms with Crippen molar-refractivity contribution in [3.63, 3.8) is 0 Å². The van der Waals surface area contributed by atoms with E-state index in [1.165, 1.54) is 5.69 Å². The zero-order valence-corrected chi connectivity index (χ0v) is 13.8. The van der Waals surface area contributed by atoms with Crippen LogP contribution in [0.2, 0.25) is 0 Å². The summed E-state index contributed by atoms with van der Waals surface area (Å²) in [7, 11) is 0. The minimum absolute atomic E-state index is 0.373. The summed E-state index contributed by atoms with van der Waals surface area (Å²) in [5.74, 6) is 1.28. The average Bonchev–Trinajstić information content (AvgIpc) is 2.93. The zero-order chi connectivity index (χ0) is 14.3. The first-order valence-corrected chi connectivity index (χ1v) is 8.35. The van der Waals surface area contributed by atoms with Crippen LogP contribution in [0.25, 0.3) is 5.69 Å². The Morgan fingerprint density at radius 2 is 1.95 bits per heavy atom. The van der Waals surface area contributed by atoms with Crippen molar-refractivity contribution in [2.45, 2.75) is 29.8 Å². The molecule has 5 heteroatoms. The molecule has 1 heterocycles. The minimum atomic E-state index is -0.513. The minimum Gasteiger partial charge on any atom is -0.292 e. The number of halogens is 2. The van der Waals surface area contributed by atoms with Crippen molar-refractivity contribution >= 4 is 35.0 Å². The van der Waals surface area contributed by atoms with Crippen molar-refractivity contribution in [3.8, 4) is 5.69 Å². The summed E-state index contributed by atoms with van der Waals surface area (Å²) in [5, 5.41) is 1.02. The van der Waals surface area contributed by atoms with E-state index in [0.717, 1.165) is 28.7 Å². The molecule has 0 radical (unpaired) electrons. The molecule has 0 aliphatic heterocycles. The second-order valence-electron chi connectivity index (χ2n) is 5.21. The van der Waals surface area contributed by atoms with Crippen molar-refractivity contribution in [1.82, 2.24) is 9.55 Å². The van der Waals surface area contributed by atoms with Gasteiger partial charge in [0.05, 0.1) is 5.69 Å². The van der Waals surface area contributed by atoms with Crippen LogP contribution >= 0.6 is 35.0 Å². The Hall–Kier alpha value is -0.640. The number of rotatable bonds is 4. The number of alkyl halides is 2. The number of benzene rings is 1.